The maximum absolute atomic E-state index is 11.0. The van der Waals surface area contributed by atoms with Crippen LogP contribution in [0, 0.1) is 0 Å². The van der Waals surface area contributed by atoms with Crippen molar-refractivity contribution in [2.24, 2.45) is 0 Å². The maximum atomic E-state index is 11.0. The molecule has 2 N–H and O–H groups in total. The summed E-state index contributed by atoms with van der Waals surface area (Å²) >= 11 is 0. The van der Waals surface area contributed by atoms with E-state index in [-0.39, 0.29) is 18.8 Å². The third-order valence-corrected chi connectivity index (χ3v) is 1.43. The Hall–Kier alpha value is -0.870. The van der Waals surface area contributed by atoms with Crippen molar-refractivity contribution < 1.29 is 19.7 Å². The van der Waals surface area contributed by atoms with Gasteiger partial charge in [-0.25, -0.2) is 0 Å². The molecule has 4 heteroatoms. The molecule has 4 nitrogen and oxygen atoms in total. The Morgan fingerprint density at radius 3 is 2.69 bits per heavy atom. The van der Waals surface area contributed by atoms with E-state index in [0.717, 1.165) is 0 Å². The smallest absolute Gasteiger partial charge is 0.306 e. The van der Waals surface area contributed by atoms with Gasteiger partial charge in [0.2, 0.25) is 0 Å². The molecule has 1 atom stereocenters. The molecular formula is C9H16O4. The molecule has 0 spiro atoms. The van der Waals surface area contributed by atoms with Gasteiger partial charge in [0.15, 0.2) is 6.29 Å². The van der Waals surface area contributed by atoms with Gasteiger partial charge in [0.05, 0.1) is 0 Å². The van der Waals surface area contributed by atoms with Crippen LogP contribution in [0.25, 0.3) is 0 Å². The number of esters is 1. The number of carbonyl (C=O) groups excluding carboxylic acids is 1. The van der Waals surface area contributed by atoms with Crippen molar-refractivity contribution in [2.45, 2.75) is 38.6 Å². The van der Waals surface area contributed by atoms with Crippen molar-refractivity contribution >= 4 is 5.97 Å². The van der Waals surface area contributed by atoms with Crippen molar-refractivity contribution in [3.63, 3.8) is 0 Å². The lowest BCUT2D eigenvalue weighted by molar-refractivity contribution is -0.152. The molecule has 13 heavy (non-hydrogen) atoms. The van der Waals surface area contributed by atoms with Crippen molar-refractivity contribution in [1.29, 1.82) is 0 Å². The third-order valence-electron chi connectivity index (χ3n) is 1.43. The molecular weight excluding hydrogens is 172 g/mol. The maximum Gasteiger partial charge on any atom is 0.306 e. The van der Waals surface area contributed by atoms with Crippen LogP contribution in [0.3, 0.4) is 0 Å². The van der Waals surface area contributed by atoms with E-state index in [9.17, 15) is 4.79 Å². The van der Waals surface area contributed by atoms with E-state index in [4.69, 9.17) is 14.9 Å². The van der Waals surface area contributed by atoms with Crippen LogP contribution in [0.1, 0.15) is 26.2 Å². The summed E-state index contributed by atoms with van der Waals surface area (Å²) < 4.78 is 4.86. The van der Waals surface area contributed by atoms with Crippen molar-refractivity contribution in [3.05, 3.63) is 12.7 Å². The first-order chi connectivity index (χ1) is 6.06. The average Bonchev–Trinajstić information content (AvgIpc) is 1.98. The second kappa shape index (κ2) is 6.62. The highest BCUT2D eigenvalue weighted by Gasteiger charge is 2.11. The predicted octanol–water partition coefficient (Wildman–Crippen LogP) is 0.585. The number of aliphatic hydroxyl groups is 2. The zero-order valence-electron chi connectivity index (χ0n) is 7.77. The highest BCUT2D eigenvalue weighted by Crippen LogP contribution is 2.03. The lowest BCUT2D eigenvalue weighted by Crippen LogP contribution is -2.20. The second-order valence-corrected chi connectivity index (χ2v) is 2.84. The molecule has 0 aliphatic heterocycles. The standard InChI is InChI=1S/C9H16O4/c1-3-4-5-9(12)13-7(2)6-8(10)11/h3,7-8,10-11H,1,4-6H2,2H3/t7-/m1/s1. The fourth-order valence-electron chi connectivity index (χ4n) is 0.848. The third kappa shape index (κ3) is 7.49. The summed E-state index contributed by atoms with van der Waals surface area (Å²) in [6, 6.07) is 0. The van der Waals surface area contributed by atoms with Crippen molar-refractivity contribution in [1.82, 2.24) is 0 Å². The number of aliphatic hydroxyl groups excluding tert-OH is 1. The van der Waals surface area contributed by atoms with Gasteiger partial charge in [-0.3, -0.25) is 4.79 Å². The summed E-state index contributed by atoms with van der Waals surface area (Å²) in [4.78, 5) is 11.0. The Kier molecular flexibility index (Phi) is 6.18. The molecule has 0 aromatic rings. The van der Waals surface area contributed by atoms with E-state index < -0.39 is 12.4 Å². The van der Waals surface area contributed by atoms with Crippen LogP contribution in [-0.2, 0) is 9.53 Å². The molecule has 0 amide bonds. The number of carbonyl (C=O) groups is 1. The van der Waals surface area contributed by atoms with Gasteiger partial charge in [-0.2, -0.15) is 0 Å². The Balaban J connectivity index is 3.58. The van der Waals surface area contributed by atoms with Crippen molar-refractivity contribution in [2.75, 3.05) is 0 Å². The fourth-order valence-corrected chi connectivity index (χ4v) is 0.848. The SMILES string of the molecule is C=CCCC(=O)O[C@H](C)CC(O)O. The molecule has 76 valence electrons. The minimum Gasteiger partial charge on any atom is -0.462 e. The summed E-state index contributed by atoms with van der Waals surface area (Å²) in [6.45, 7) is 5.09. The minimum atomic E-state index is -1.43. The molecule has 0 unspecified atom stereocenters. The fraction of sp³-hybridized carbons (Fsp3) is 0.667. The number of ether oxygens (including phenoxy) is 1. The molecule has 0 radical (unpaired) electrons. The molecule has 0 aromatic heterocycles. The van der Waals surface area contributed by atoms with Gasteiger partial charge in [-0.1, -0.05) is 6.08 Å². The first-order valence-corrected chi connectivity index (χ1v) is 4.22. The van der Waals surface area contributed by atoms with E-state index in [1.165, 1.54) is 0 Å². The van der Waals surface area contributed by atoms with E-state index in [0.29, 0.717) is 6.42 Å². The summed E-state index contributed by atoms with van der Waals surface area (Å²) in [7, 11) is 0. The van der Waals surface area contributed by atoms with Gasteiger partial charge >= 0.3 is 5.97 Å². The number of rotatable bonds is 6. The molecule has 0 fully saturated rings. The number of hydrogen-bond donors (Lipinski definition) is 2. The molecule has 0 saturated carbocycles. The lowest BCUT2D eigenvalue weighted by Gasteiger charge is -2.13. The van der Waals surface area contributed by atoms with E-state index in [2.05, 4.69) is 6.58 Å². The van der Waals surface area contributed by atoms with E-state index in [1.54, 1.807) is 13.0 Å². The molecule has 0 aliphatic rings. The zero-order valence-corrected chi connectivity index (χ0v) is 7.77. The van der Waals surface area contributed by atoms with Crippen LogP contribution in [-0.4, -0.2) is 28.6 Å². The summed E-state index contributed by atoms with van der Waals surface area (Å²) in [5.41, 5.74) is 0. The first kappa shape index (κ1) is 12.1. The summed E-state index contributed by atoms with van der Waals surface area (Å²) in [5, 5.41) is 17.1. The molecule has 0 aliphatic carbocycles. The van der Waals surface area contributed by atoms with Gasteiger partial charge < -0.3 is 14.9 Å². The van der Waals surface area contributed by atoms with Crippen LogP contribution in [0.4, 0.5) is 0 Å². The number of hydrogen-bond acceptors (Lipinski definition) is 4. The van der Waals surface area contributed by atoms with Crippen LogP contribution in [0.15, 0.2) is 12.7 Å². The highest BCUT2D eigenvalue weighted by atomic mass is 16.5. The van der Waals surface area contributed by atoms with Gasteiger partial charge in [0, 0.05) is 12.8 Å². The van der Waals surface area contributed by atoms with Gasteiger partial charge in [0.25, 0.3) is 0 Å². The van der Waals surface area contributed by atoms with Crippen LogP contribution < -0.4 is 0 Å². The van der Waals surface area contributed by atoms with E-state index >= 15 is 0 Å². The van der Waals surface area contributed by atoms with Crippen LogP contribution >= 0.6 is 0 Å². The second-order valence-electron chi connectivity index (χ2n) is 2.84. The topological polar surface area (TPSA) is 66.8 Å². The van der Waals surface area contributed by atoms with Gasteiger partial charge in [-0.05, 0) is 13.3 Å². The molecule has 0 heterocycles. The predicted molar refractivity (Wildman–Crippen MR) is 47.8 cm³/mol. The molecule has 0 saturated heterocycles. The average molecular weight is 188 g/mol. The normalized spacial score (nSPS) is 12.6. The molecule has 0 rings (SSSR count). The minimum absolute atomic E-state index is 0.0415. The highest BCUT2D eigenvalue weighted by molar-refractivity contribution is 5.69. The quantitative estimate of drug-likeness (QED) is 0.363. The van der Waals surface area contributed by atoms with Crippen LogP contribution in [0.2, 0.25) is 0 Å². The van der Waals surface area contributed by atoms with Gasteiger partial charge in [0.1, 0.15) is 6.10 Å². The summed E-state index contributed by atoms with van der Waals surface area (Å²) in [5.74, 6) is -0.340. The Morgan fingerprint density at radius 2 is 2.23 bits per heavy atom. The first-order valence-electron chi connectivity index (χ1n) is 4.22. The number of allylic oxidation sites excluding steroid dienone is 1. The Morgan fingerprint density at radius 1 is 1.62 bits per heavy atom. The van der Waals surface area contributed by atoms with Crippen LogP contribution in [0.5, 0.6) is 0 Å². The zero-order chi connectivity index (χ0) is 10.3. The monoisotopic (exact) mass is 188 g/mol. The molecule has 0 aromatic carbocycles. The Bertz CT molecular complexity index is 165. The molecule has 0 bridgehead atoms. The Labute approximate surface area is 77.8 Å². The summed E-state index contributed by atoms with van der Waals surface area (Å²) in [6.07, 6.45) is 0.648. The lowest BCUT2D eigenvalue weighted by atomic mass is 10.2. The largest absolute Gasteiger partial charge is 0.462 e. The van der Waals surface area contributed by atoms with Crippen molar-refractivity contribution in [3.8, 4) is 0 Å². The van der Waals surface area contributed by atoms with E-state index in [1.807, 2.05) is 0 Å². The van der Waals surface area contributed by atoms with Gasteiger partial charge in [-0.15, -0.1) is 6.58 Å².